The number of aromatic nitrogens is 1. The molecule has 0 unspecified atom stereocenters. The second-order valence-corrected chi connectivity index (χ2v) is 7.42. The highest BCUT2D eigenvalue weighted by Gasteiger charge is 2.15. The zero-order chi connectivity index (χ0) is 21.8. The van der Waals surface area contributed by atoms with Gasteiger partial charge in [0.1, 0.15) is 5.82 Å². The van der Waals surface area contributed by atoms with Gasteiger partial charge in [0.05, 0.1) is 6.42 Å². The number of benzene rings is 3. The number of halogens is 1. The molecule has 6 heteroatoms. The van der Waals surface area contributed by atoms with Gasteiger partial charge in [-0.25, -0.2) is 4.39 Å². The molecule has 4 aromatic rings. The highest BCUT2D eigenvalue weighted by Crippen LogP contribution is 2.31. The Bertz CT molecular complexity index is 1230. The van der Waals surface area contributed by atoms with Gasteiger partial charge in [-0.1, -0.05) is 30.3 Å². The predicted molar refractivity (Wildman–Crippen MR) is 120 cm³/mol. The highest BCUT2D eigenvalue weighted by atomic mass is 19.1. The van der Waals surface area contributed by atoms with E-state index in [9.17, 15) is 14.0 Å². The van der Waals surface area contributed by atoms with E-state index >= 15 is 0 Å². The first-order valence-electron chi connectivity index (χ1n) is 10.0. The van der Waals surface area contributed by atoms with Gasteiger partial charge < -0.3 is 16.0 Å². The zero-order valence-corrected chi connectivity index (χ0v) is 16.8. The lowest BCUT2D eigenvalue weighted by Gasteiger charge is -2.08. The van der Waals surface area contributed by atoms with Crippen molar-refractivity contribution in [1.29, 1.82) is 0 Å². The molecule has 1 heterocycles. The molecule has 0 atom stereocenters. The zero-order valence-electron chi connectivity index (χ0n) is 16.8. The SMILES string of the molecule is NC(=O)Cc1ccc(NC(=O)CCc2c(-c3ccc(F)cc3)[nH]c3ccccc23)cc1. The molecule has 0 saturated heterocycles. The van der Waals surface area contributed by atoms with Crippen LogP contribution in [-0.4, -0.2) is 16.8 Å². The van der Waals surface area contributed by atoms with Crippen molar-refractivity contribution in [3.8, 4) is 11.3 Å². The van der Waals surface area contributed by atoms with E-state index in [1.54, 1.807) is 36.4 Å². The number of carbonyl (C=O) groups excluding carboxylic acids is 2. The van der Waals surface area contributed by atoms with Crippen LogP contribution >= 0.6 is 0 Å². The molecule has 0 aliphatic rings. The lowest BCUT2D eigenvalue weighted by Crippen LogP contribution is -2.14. The van der Waals surface area contributed by atoms with E-state index in [4.69, 9.17) is 5.73 Å². The van der Waals surface area contributed by atoms with E-state index < -0.39 is 5.91 Å². The Morgan fingerprint density at radius 1 is 0.935 bits per heavy atom. The van der Waals surface area contributed by atoms with Gasteiger partial charge in [0.2, 0.25) is 11.8 Å². The standard InChI is InChI=1S/C25H22FN3O2/c26-18-9-7-17(8-10-18)25-21(20-3-1-2-4-22(20)29-25)13-14-24(31)28-19-11-5-16(6-12-19)15-23(27)30/h1-12,29H,13-15H2,(H2,27,30)(H,28,31). The number of aromatic amines is 1. The Balaban J connectivity index is 1.50. The summed E-state index contributed by atoms with van der Waals surface area (Å²) < 4.78 is 13.4. The van der Waals surface area contributed by atoms with Crippen LogP contribution in [0.5, 0.6) is 0 Å². The number of aryl methyl sites for hydroxylation is 1. The molecule has 0 saturated carbocycles. The van der Waals surface area contributed by atoms with E-state index in [2.05, 4.69) is 10.3 Å². The van der Waals surface area contributed by atoms with Crippen molar-refractivity contribution in [2.75, 3.05) is 5.32 Å². The monoisotopic (exact) mass is 415 g/mol. The smallest absolute Gasteiger partial charge is 0.224 e. The number of H-pyrrole nitrogens is 1. The number of primary amides is 1. The number of anilines is 1. The molecule has 156 valence electrons. The maximum atomic E-state index is 13.4. The molecule has 0 aliphatic heterocycles. The van der Waals surface area contributed by atoms with E-state index in [0.29, 0.717) is 18.5 Å². The van der Waals surface area contributed by atoms with Crippen LogP contribution in [0.3, 0.4) is 0 Å². The van der Waals surface area contributed by atoms with Crippen LogP contribution in [0.2, 0.25) is 0 Å². The Kier molecular flexibility index (Phi) is 5.80. The van der Waals surface area contributed by atoms with E-state index in [1.165, 1.54) is 12.1 Å². The number of hydrogen-bond donors (Lipinski definition) is 3. The molecular weight excluding hydrogens is 393 g/mol. The molecular formula is C25H22FN3O2. The topological polar surface area (TPSA) is 88.0 Å². The van der Waals surface area contributed by atoms with Crippen molar-refractivity contribution in [2.45, 2.75) is 19.3 Å². The molecule has 0 aliphatic carbocycles. The van der Waals surface area contributed by atoms with Gasteiger partial charge in [-0.05, 0) is 65.6 Å². The number of nitrogens with one attached hydrogen (secondary N) is 2. The van der Waals surface area contributed by atoms with E-state index in [0.717, 1.165) is 33.3 Å². The number of fused-ring (bicyclic) bond motifs is 1. The van der Waals surface area contributed by atoms with Gasteiger partial charge in [0.15, 0.2) is 0 Å². The predicted octanol–water partition coefficient (Wildman–Crippen LogP) is 4.57. The van der Waals surface area contributed by atoms with E-state index in [1.807, 2.05) is 24.3 Å². The summed E-state index contributed by atoms with van der Waals surface area (Å²) >= 11 is 0. The Hall–Kier alpha value is -3.93. The number of rotatable bonds is 7. The molecule has 1 aromatic heterocycles. The van der Waals surface area contributed by atoms with Crippen molar-refractivity contribution in [1.82, 2.24) is 4.98 Å². The van der Waals surface area contributed by atoms with Gasteiger partial charge in [0, 0.05) is 28.7 Å². The summed E-state index contributed by atoms with van der Waals surface area (Å²) in [6.45, 7) is 0. The first-order valence-corrected chi connectivity index (χ1v) is 10.0. The Morgan fingerprint density at radius 3 is 2.35 bits per heavy atom. The first kappa shape index (κ1) is 20.3. The van der Waals surface area contributed by atoms with Crippen molar-refractivity contribution < 1.29 is 14.0 Å². The maximum absolute atomic E-state index is 13.4. The fraction of sp³-hybridized carbons (Fsp3) is 0.120. The van der Waals surface area contributed by atoms with Gasteiger partial charge in [0.25, 0.3) is 0 Å². The van der Waals surface area contributed by atoms with Crippen molar-refractivity contribution in [3.05, 3.63) is 89.7 Å². The fourth-order valence-corrected chi connectivity index (χ4v) is 3.69. The van der Waals surface area contributed by atoms with Gasteiger partial charge >= 0.3 is 0 Å². The minimum Gasteiger partial charge on any atom is -0.369 e. The summed E-state index contributed by atoms with van der Waals surface area (Å²) in [5.74, 6) is -0.798. The second kappa shape index (κ2) is 8.83. The third kappa shape index (κ3) is 4.80. The molecule has 0 radical (unpaired) electrons. The third-order valence-electron chi connectivity index (χ3n) is 5.16. The summed E-state index contributed by atoms with van der Waals surface area (Å²) in [6.07, 6.45) is 0.988. The summed E-state index contributed by atoms with van der Waals surface area (Å²) in [5.41, 5.74) is 10.4. The highest BCUT2D eigenvalue weighted by molar-refractivity contribution is 5.94. The minimum atomic E-state index is -0.396. The quantitative estimate of drug-likeness (QED) is 0.413. The molecule has 2 amide bonds. The molecule has 4 rings (SSSR count). The van der Waals surface area contributed by atoms with Crippen LogP contribution in [0, 0.1) is 5.82 Å². The number of amides is 2. The van der Waals surface area contributed by atoms with Crippen LogP contribution in [-0.2, 0) is 22.4 Å². The number of hydrogen-bond acceptors (Lipinski definition) is 2. The van der Waals surface area contributed by atoms with Crippen LogP contribution in [0.15, 0.2) is 72.8 Å². The average molecular weight is 415 g/mol. The lowest BCUT2D eigenvalue weighted by molar-refractivity contribution is -0.117. The number of carbonyl (C=O) groups is 2. The van der Waals surface area contributed by atoms with Gasteiger partial charge in [-0.15, -0.1) is 0 Å². The first-order chi connectivity index (χ1) is 15.0. The van der Waals surface area contributed by atoms with Crippen molar-refractivity contribution in [3.63, 3.8) is 0 Å². The van der Waals surface area contributed by atoms with Crippen LogP contribution < -0.4 is 11.1 Å². The van der Waals surface area contributed by atoms with Gasteiger partial charge in [-0.3, -0.25) is 9.59 Å². The lowest BCUT2D eigenvalue weighted by atomic mass is 10.0. The molecule has 3 aromatic carbocycles. The Morgan fingerprint density at radius 2 is 1.65 bits per heavy atom. The summed E-state index contributed by atoms with van der Waals surface area (Å²) in [7, 11) is 0. The number of nitrogens with two attached hydrogens (primary N) is 1. The van der Waals surface area contributed by atoms with Crippen molar-refractivity contribution in [2.24, 2.45) is 5.73 Å². The molecule has 0 fully saturated rings. The average Bonchev–Trinajstić information content (AvgIpc) is 3.12. The van der Waals surface area contributed by atoms with Gasteiger partial charge in [-0.2, -0.15) is 0 Å². The molecule has 31 heavy (non-hydrogen) atoms. The minimum absolute atomic E-state index is 0.113. The van der Waals surface area contributed by atoms with Crippen LogP contribution in [0.25, 0.3) is 22.2 Å². The molecule has 0 bridgehead atoms. The largest absolute Gasteiger partial charge is 0.369 e. The Labute approximate surface area is 179 Å². The molecule has 4 N–H and O–H groups in total. The summed E-state index contributed by atoms with van der Waals surface area (Å²) in [6, 6.07) is 21.3. The molecule has 0 spiro atoms. The maximum Gasteiger partial charge on any atom is 0.224 e. The third-order valence-corrected chi connectivity index (χ3v) is 5.16. The van der Waals surface area contributed by atoms with Crippen LogP contribution in [0.1, 0.15) is 17.5 Å². The summed E-state index contributed by atoms with van der Waals surface area (Å²) in [4.78, 5) is 27.0. The summed E-state index contributed by atoms with van der Waals surface area (Å²) in [5, 5.41) is 3.93. The fourth-order valence-electron chi connectivity index (χ4n) is 3.69. The van der Waals surface area contributed by atoms with Crippen LogP contribution in [0.4, 0.5) is 10.1 Å². The normalized spacial score (nSPS) is 10.9. The van der Waals surface area contributed by atoms with E-state index in [-0.39, 0.29) is 18.1 Å². The molecule has 5 nitrogen and oxygen atoms in total. The second-order valence-electron chi connectivity index (χ2n) is 7.42. The van der Waals surface area contributed by atoms with Crippen molar-refractivity contribution >= 4 is 28.4 Å². The number of para-hydroxylation sites is 1.